The molecule has 0 bridgehead atoms. The molecule has 0 spiro atoms. The van der Waals surface area contributed by atoms with Crippen molar-refractivity contribution in [2.75, 3.05) is 43.1 Å². The second-order valence-electron chi connectivity index (χ2n) is 7.81. The summed E-state index contributed by atoms with van der Waals surface area (Å²) in [6, 6.07) is 10.2. The van der Waals surface area contributed by atoms with Gasteiger partial charge in [-0.05, 0) is 42.7 Å². The van der Waals surface area contributed by atoms with E-state index >= 15 is 0 Å². The van der Waals surface area contributed by atoms with Crippen molar-refractivity contribution in [3.05, 3.63) is 54.0 Å². The molecule has 154 valence electrons. The Morgan fingerprint density at radius 2 is 1.83 bits per heavy atom. The fraction of sp³-hybridized carbons (Fsp3) is 0.455. The van der Waals surface area contributed by atoms with Crippen molar-refractivity contribution < 1.29 is 13.9 Å². The molecule has 1 aromatic heterocycles. The summed E-state index contributed by atoms with van der Waals surface area (Å²) in [5.41, 5.74) is 1.62. The fourth-order valence-corrected chi connectivity index (χ4v) is 4.29. The number of nitrogens with one attached hydrogen (secondary N) is 2. The number of carbonyl (C=O) groups is 1. The Hall–Kier alpha value is -2.67. The second-order valence-corrected chi connectivity index (χ2v) is 7.81. The summed E-state index contributed by atoms with van der Waals surface area (Å²) in [6.07, 6.45) is 5.90. The van der Waals surface area contributed by atoms with Gasteiger partial charge in [0, 0.05) is 25.0 Å². The molecule has 4 rings (SSSR count). The van der Waals surface area contributed by atoms with Gasteiger partial charge in [-0.3, -0.25) is 0 Å². The van der Waals surface area contributed by atoms with Crippen molar-refractivity contribution in [3.8, 4) is 0 Å². The first-order valence-corrected chi connectivity index (χ1v) is 10.2. The Bertz CT molecular complexity index is 814. The molecule has 1 saturated carbocycles. The molecule has 2 heterocycles. The first-order chi connectivity index (χ1) is 14.1. The third kappa shape index (κ3) is 4.67. The predicted molar refractivity (Wildman–Crippen MR) is 111 cm³/mol. The Labute approximate surface area is 170 Å². The second kappa shape index (κ2) is 8.78. The highest BCUT2D eigenvalue weighted by molar-refractivity contribution is 5.89. The van der Waals surface area contributed by atoms with E-state index in [-0.39, 0.29) is 17.3 Å². The van der Waals surface area contributed by atoms with Crippen LogP contribution in [0.15, 0.2) is 42.6 Å². The minimum absolute atomic E-state index is 0.122. The number of morpholine rings is 1. The van der Waals surface area contributed by atoms with E-state index in [9.17, 15) is 9.18 Å². The van der Waals surface area contributed by atoms with Crippen molar-refractivity contribution in [2.45, 2.75) is 31.1 Å². The molecule has 1 saturated heterocycles. The molecule has 7 heteroatoms. The molecular weight excluding hydrogens is 371 g/mol. The number of halogens is 1. The lowest BCUT2D eigenvalue weighted by molar-refractivity contribution is 0.122. The number of carbonyl (C=O) groups excluding carboxylic acids is 1. The average molecular weight is 398 g/mol. The lowest BCUT2D eigenvalue weighted by atomic mass is 9.79. The number of rotatable bonds is 5. The van der Waals surface area contributed by atoms with Crippen molar-refractivity contribution in [2.24, 2.45) is 0 Å². The van der Waals surface area contributed by atoms with Gasteiger partial charge >= 0.3 is 6.03 Å². The van der Waals surface area contributed by atoms with Crippen LogP contribution in [0.2, 0.25) is 0 Å². The number of pyridine rings is 1. The Morgan fingerprint density at radius 3 is 2.48 bits per heavy atom. The standard InChI is InChI=1S/C22H27FN4O2/c23-18-5-3-17(4-6-18)22(9-1-2-10-22)16-25-21(28)26-19-7-8-20(24-15-19)27-11-13-29-14-12-27/h3-8,15H,1-2,9-14,16H2,(H2,25,26,28). The lowest BCUT2D eigenvalue weighted by Gasteiger charge is -2.30. The van der Waals surface area contributed by atoms with Crippen LogP contribution < -0.4 is 15.5 Å². The zero-order valence-electron chi connectivity index (χ0n) is 16.5. The summed E-state index contributed by atoms with van der Waals surface area (Å²) in [5.74, 6) is 0.654. The van der Waals surface area contributed by atoms with Gasteiger partial charge < -0.3 is 20.3 Å². The molecule has 2 aliphatic rings. The largest absolute Gasteiger partial charge is 0.378 e. The van der Waals surface area contributed by atoms with E-state index in [1.54, 1.807) is 6.20 Å². The third-order valence-electron chi connectivity index (χ3n) is 5.95. The molecule has 2 fully saturated rings. The van der Waals surface area contributed by atoms with E-state index in [1.807, 2.05) is 24.3 Å². The highest BCUT2D eigenvalue weighted by Crippen LogP contribution is 2.40. The predicted octanol–water partition coefficient (Wildman–Crippen LogP) is 3.69. The molecule has 2 amide bonds. The van der Waals surface area contributed by atoms with Crippen LogP contribution >= 0.6 is 0 Å². The van der Waals surface area contributed by atoms with Crippen molar-refractivity contribution in [3.63, 3.8) is 0 Å². The van der Waals surface area contributed by atoms with Gasteiger partial charge in [-0.25, -0.2) is 14.2 Å². The summed E-state index contributed by atoms with van der Waals surface area (Å²) in [5, 5.41) is 5.86. The van der Waals surface area contributed by atoms with E-state index in [1.165, 1.54) is 12.1 Å². The number of hydrogen-bond donors (Lipinski definition) is 2. The summed E-state index contributed by atoms with van der Waals surface area (Å²) in [4.78, 5) is 19.1. The number of amides is 2. The number of aromatic nitrogens is 1. The molecule has 2 aromatic rings. The van der Waals surface area contributed by atoms with Crippen LogP contribution in [0, 0.1) is 5.82 Å². The fourth-order valence-electron chi connectivity index (χ4n) is 4.29. The van der Waals surface area contributed by atoms with E-state index in [0.29, 0.717) is 25.4 Å². The van der Waals surface area contributed by atoms with Crippen LogP contribution in [0.4, 0.5) is 20.7 Å². The van der Waals surface area contributed by atoms with Crippen molar-refractivity contribution >= 4 is 17.5 Å². The minimum Gasteiger partial charge on any atom is -0.378 e. The summed E-state index contributed by atoms with van der Waals surface area (Å²) < 4.78 is 18.7. The van der Waals surface area contributed by atoms with Gasteiger partial charge in [0.15, 0.2) is 0 Å². The van der Waals surface area contributed by atoms with E-state index in [0.717, 1.165) is 50.2 Å². The molecule has 0 radical (unpaired) electrons. The van der Waals surface area contributed by atoms with E-state index in [2.05, 4.69) is 20.5 Å². The first-order valence-electron chi connectivity index (χ1n) is 10.2. The molecule has 2 N–H and O–H groups in total. The van der Waals surface area contributed by atoms with Gasteiger partial charge in [-0.1, -0.05) is 25.0 Å². The Balaban J connectivity index is 1.34. The number of urea groups is 1. The van der Waals surface area contributed by atoms with Gasteiger partial charge in [0.2, 0.25) is 0 Å². The van der Waals surface area contributed by atoms with Gasteiger partial charge in [-0.15, -0.1) is 0 Å². The number of hydrogen-bond acceptors (Lipinski definition) is 4. The molecule has 0 atom stereocenters. The van der Waals surface area contributed by atoms with Crippen molar-refractivity contribution in [1.29, 1.82) is 0 Å². The maximum absolute atomic E-state index is 13.3. The van der Waals surface area contributed by atoms with Gasteiger partial charge in [0.25, 0.3) is 0 Å². The smallest absolute Gasteiger partial charge is 0.319 e. The third-order valence-corrected chi connectivity index (χ3v) is 5.95. The first kappa shape index (κ1) is 19.6. The topological polar surface area (TPSA) is 66.5 Å². The zero-order chi connectivity index (χ0) is 20.1. The van der Waals surface area contributed by atoms with Crippen LogP contribution in [-0.2, 0) is 10.2 Å². The molecule has 1 aromatic carbocycles. The summed E-state index contributed by atoms with van der Waals surface area (Å²) >= 11 is 0. The summed E-state index contributed by atoms with van der Waals surface area (Å²) in [6.45, 7) is 3.60. The minimum atomic E-state index is -0.251. The van der Waals surface area contributed by atoms with Crippen LogP contribution in [0.5, 0.6) is 0 Å². The summed E-state index contributed by atoms with van der Waals surface area (Å²) in [7, 11) is 0. The maximum atomic E-state index is 13.3. The molecule has 1 aliphatic heterocycles. The van der Waals surface area contributed by atoms with Gasteiger partial charge in [0.05, 0.1) is 25.1 Å². The van der Waals surface area contributed by atoms with Crippen molar-refractivity contribution in [1.82, 2.24) is 10.3 Å². The monoisotopic (exact) mass is 398 g/mol. The number of benzene rings is 1. The normalized spacial score (nSPS) is 18.4. The number of nitrogens with zero attached hydrogens (tertiary/aromatic N) is 2. The lowest BCUT2D eigenvalue weighted by Crippen LogP contribution is -2.41. The zero-order valence-corrected chi connectivity index (χ0v) is 16.5. The molecule has 29 heavy (non-hydrogen) atoms. The molecule has 0 unspecified atom stereocenters. The molecule has 1 aliphatic carbocycles. The van der Waals surface area contributed by atoms with Crippen LogP contribution in [-0.4, -0.2) is 43.9 Å². The van der Waals surface area contributed by atoms with Crippen LogP contribution in [0.25, 0.3) is 0 Å². The number of ether oxygens (including phenoxy) is 1. The SMILES string of the molecule is O=C(NCC1(c2ccc(F)cc2)CCCC1)Nc1ccc(N2CCOCC2)nc1. The van der Waals surface area contributed by atoms with Gasteiger partial charge in [-0.2, -0.15) is 0 Å². The Morgan fingerprint density at radius 1 is 1.10 bits per heavy atom. The quantitative estimate of drug-likeness (QED) is 0.806. The average Bonchev–Trinajstić information content (AvgIpc) is 3.24. The van der Waals surface area contributed by atoms with Crippen LogP contribution in [0.1, 0.15) is 31.2 Å². The molecule has 6 nitrogen and oxygen atoms in total. The number of anilines is 2. The Kier molecular flexibility index (Phi) is 5.94. The van der Waals surface area contributed by atoms with Gasteiger partial charge in [0.1, 0.15) is 11.6 Å². The highest BCUT2D eigenvalue weighted by atomic mass is 19.1. The highest BCUT2D eigenvalue weighted by Gasteiger charge is 2.35. The maximum Gasteiger partial charge on any atom is 0.319 e. The van der Waals surface area contributed by atoms with E-state index < -0.39 is 0 Å². The van der Waals surface area contributed by atoms with E-state index in [4.69, 9.17) is 4.74 Å². The van der Waals surface area contributed by atoms with Crippen LogP contribution in [0.3, 0.4) is 0 Å². The molecular formula is C22H27FN4O2.